The van der Waals surface area contributed by atoms with E-state index in [1.165, 1.54) is 19.3 Å². The van der Waals surface area contributed by atoms with Gasteiger partial charge < -0.3 is 19.5 Å². The Morgan fingerprint density at radius 2 is 1.86 bits per heavy atom. The van der Waals surface area contributed by atoms with Gasteiger partial charge in [-0.2, -0.15) is 0 Å². The second-order valence-corrected chi connectivity index (χ2v) is 8.09. The van der Waals surface area contributed by atoms with Crippen LogP contribution in [0.5, 0.6) is 0 Å². The minimum atomic E-state index is -0.367. The Morgan fingerprint density at radius 1 is 1.14 bits per heavy atom. The lowest BCUT2D eigenvalue weighted by Crippen LogP contribution is -2.37. The number of nitrogens with zero attached hydrogens (tertiary/aromatic N) is 1. The van der Waals surface area contributed by atoms with Crippen molar-refractivity contribution in [1.29, 1.82) is 0 Å². The van der Waals surface area contributed by atoms with E-state index in [2.05, 4.69) is 25.7 Å². The lowest BCUT2D eigenvalue weighted by Gasteiger charge is -2.30. The molecule has 2 heterocycles. The van der Waals surface area contributed by atoms with Crippen LogP contribution in [-0.2, 0) is 9.47 Å². The van der Waals surface area contributed by atoms with Crippen LogP contribution in [0.15, 0.2) is 0 Å². The molecule has 0 aliphatic carbocycles. The van der Waals surface area contributed by atoms with Crippen LogP contribution in [0.25, 0.3) is 0 Å². The fraction of sp³-hybridized carbons (Fsp3) is 1.00. The first-order valence-corrected chi connectivity index (χ1v) is 9.05. The fourth-order valence-corrected chi connectivity index (χ4v) is 3.64. The molecule has 2 atom stereocenters. The van der Waals surface area contributed by atoms with E-state index < -0.39 is 0 Å². The first kappa shape index (κ1) is 18.2. The smallest absolute Gasteiger partial charge is 0.0900 e. The lowest BCUT2D eigenvalue weighted by molar-refractivity contribution is -0.0640. The molecule has 0 saturated carbocycles. The van der Waals surface area contributed by atoms with Crippen molar-refractivity contribution in [3.8, 4) is 0 Å². The standard InChI is InChI=1S/C18H35NO3/c1-18(2,3)15-5-4-9-19(10-6-15)13-16(20)14-22-17-7-11-21-12-8-17/h15-17,20H,4-14H2,1-3H3. The Kier molecular flexibility index (Phi) is 7.13. The van der Waals surface area contributed by atoms with Crippen molar-refractivity contribution in [2.75, 3.05) is 39.5 Å². The summed E-state index contributed by atoms with van der Waals surface area (Å²) < 4.78 is 11.2. The normalized spacial score (nSPS) is 27.5. The maximum Gasteiger partial charge on any atom is 0.0900 e. The predicted molar refractivity (Wildman–Crippen MR) is 89.0 cm³/mol. The van der Waals surface area contributed by atoms with Crippen molar-refractivity contribution in [3.05, 3.63) is 0 Å². The highest BCUT2D eigenvalue weighted by molar-refractivity contribution is 4.79. The maximum absolute atomic E-state index is 10.3. The van der Waals surface area contributed by atoms with Gasteiger partial charge in [0.25, 0.3) is 0 Å². The summed E-state index contributed by atoms with van der Waals surface area (Å²) in [5.74, 6) is 0.799. The van der Waals surface area contributed by atoms with Gasteiger partial charge in [0.05, 0.1) is 18.8 Å². The number of hydrogen-bond donors (Lipinski definition) is 1. The highest BCUT2D eigenvalue weighted by atomic mass is 16.5. The summed E-state index contributed by atoms with van der Waals surface area (Å²) >= 11 is 0. The van der Waals surface area contributed by atoms with Gasteiger partial charge in [-0.3, -0.25) is 0 Å². The molecule has 0 amide bonds. The molecule has 4 nitrogen and oxygen atoms in total. The Hall–Kier alpha value is -0.160. The monoisotopic (exact) mass is 313 g/mol. The molecule has 2 rings (SSSR count). The first-order valence-electron chi connectivity index (χ1n) is 9.05. The summed E-state index contributed by atoms with van der Waals surface area (Å²) in [6.07, 6.45) is 5.64. The molecular formula is C18H35NO3. The third-order valence-electron chi connectivity index (χ3n) is 5.21. The summed E-state index contributed by atoms with van der Waals surface area (Å²) in [6.45, 7) is 12.1. The van der Waals surface area contributed by atoms with Gasteiger partial charge >= 0.3 is 0 Å². The van der Waals surface area contributed by atoms with E-state index in [9.17, 15) is 5.11 Å². The van der Waals surface area contributed by atoms with Crippen molar-refractivity contribution in [1.82, 2.24) is 4.90 Å². The lowest BCUT2D eigenvalue weighted by atomic mass is 9.77. The van der Waals surface area contributed by atoms with Crippen molar-refractivity contribution in [2.45, 2.75) is 65.1 Å². The third-order valence-corrected chi connectivity index (χ3v) is 5.21. The van der Waals surface area contributed by atoms with Gasteiger partial charge in [0, 0.05) is 19.8 Å². The predicted octanol–water partition coefficient (Wildman–Crippen LogP) is 2.69. The number of likely N-dealkylation sites (tertiary alicyclic amines) is 1. The Labute approximate surface area is 136 Å². The van der Waals surface area contributed by atoms with Crippen LogP contribution in [0.1, 0.15) is 52.9 Å². The number of rotatable bonds is 5. The molecule has 130 valence electrons. The summed E-state index contributed by atoms with van der Waals surface area (Å²) in [4.78, 5) is 2.42. The number of hydrogen-bond acceptors (Lipinski definition) is 4. The van der Waals surface area contributed by atoms with E-state index in [4.69, 9.17) is 9.47 Å². The Bertz CT molecular complexity index is 310. The van der Waals surface area contributed by atoms with E-state index >= 15 is 0 Å². The number of β-amino-alcohol motifs (C(OH)–C–C–N with tert-alkyl or cyclic N) is 1. The molecule has 0 aromatic carbocycles. The molecule has 0 aromatic rings. The highest BCUT2D eigenvalue weighted by Crippen LogP contribution is 2.34. The molecule has 2 aliphatic rings. The average molecular weight is 313 g/mol. The van der Waals surface area contributed by atoms with E-state index in [0.717, 1.165) is 51.6 Å². The highest BCUT2D eigenvalue weighted by Gasteiger charge is 2.27. The van der Waals surface area contributed by atoms with Gasteiger partial charge in [0.2, 0.25) is 0 Å². The average Bonchev–Trinajstić information content (AvgIpc) is 2.71. The molecular weight excluding hydrogens is 278 g/mol. The zero-order valence-electron chi connectivity index (χ0n) is 14.7. The molecule has 22 heavy (non-hydrogen) atoms. The second kappa shape index (κ2) is 8.62. The van der Waals surface area contributed by atoms with Gasteiger partial charge in [-0.25, -0.2) is 0 Å². The largest absolute Gasteiger partial charge is 0.389 e. The number of aliphatic hydroxyl groups is 1. The summed E-state index contributed by atoms with van der Waals surface area (Å²) in [5, 5.41) is 10.3. The summed E-state index contributed by atoms with van der Waals surface area (Å²) in [6, 6.07) is 0. The van der Waals surface area contributed by atoms with E-state index in [-0.39, 0.29) is 12.2 Å². The van der Waals surface area contributed by atoms with Gasteiger partial charge in [-0.15, -0.1) is 0 Å². The van der Waals surface area contributed by atoms with Crippen molar-refractivity contribution in [2.24, 2.45) is 11.3 Å². The minimum absolute atomic E-state index is 0.276. The SMILES string of the molecule is CC(C)(C)C1CCCN(CC(O)COC2CCOCC2)CC1. The molecule has 2 saturated heterocycles. The Morgan fingerprint density at radius 3 is 2.55 bits per heavy atom. The van der Waals surface area contributed by atoms with Gasteiger partial charge in [-0.05, 0) is 56.5 Å². The van der Waals surface area contributed by atoms with Crippen LogP contribution in [0.3, 0.4) is 0 Å². The maximum atomic E-state index is 10.3. The fourth-order valence-electron chi connectivity index (χ4n) is 3.64. The van der Waals surface area contributed by atoms with Crippen LogP contribution in [0, 0.1) is 11.3 Å². The molecule has 0 bridgehead atoms. The second-order valence-electron chi connectivity index (χ2n) is 8.09. The van der Waals surface area contributed by atoms with E-state index in [0.29, 0.717) is 12.0 Å². The molecule has 2 unspecified atom stereocenters. The summed E-state index contributed by atoms with van der Waals surface area (Å²) in [7, 11) is 0. The van der Waals surface area contributed by atoms with E-state index in [1.54, 1.807) is 0 Å². The topological polar surface area (TPSA) is 41.9 Å². The van der Waals surface area contributed by atoms with Crippen LogP contribution >= 0.6 is 0 Å². The van der Waals surface area contributed by atoms with Gasteiger partial charge in [0.1, 0.15) is 0 Å². The first-order chi connectivity index (χ1) is 10.4. The van der Waals surface area contributed by atoms with Crippen LogP contribution in [-0.4, -0.2) is 61.7 Å². The third kappa shape index (κ3) is 6.15. The van der Waals surface area contributed by atoms with Crippen molar-refractivity contribution >= 4 is 0 Å². The number of ether oxygens (including phenoxy) is 2. The molecule has 2 fully saturated rings. The van der Waals surface area contributed by atoms with Gasteiger partial charge in [0.15, 0.2) is 0 Å². The molecule has 1 N–H and O–H groups in total. The van der Waals surface area contributed by atoms with E-state index in [1.807, 2.05) is 0 Å². The molecule has 4 heteroatoms. The minimum Gasteiger partial charge on any atom is -0.389 e. The zero-order chi connectivity index (χ0) is 16.0. The molecule has 0 radical (unpaired) electrons. The molecule has 0 aromatic heterocycles. The van der Waals surface area contributed by atoms with Gasteiger partial charge in [-0.1, -0.05) is 20.8 Å². The molecule has 2 aliphatic heterocycles. The number of aliphatic hydroxyl groups excluding tert-OH is 1. The zero-order valence-corrected chi connectivity index (χ0v) is 14.7. The summed E-state index contributed by atoms with van der Waals surface area (Å²) in [5.41, 5.74) is 0.404. The van der Waals surface area contributed by atoms with Crippen LogP contribution < -0.4 is 0 Å². The van der Waals surface area contributed by atoms with Crippen molar-refractivity contribution < 1.29 is 14.6 Å². The van der Waals surface area contributed by atoms with Crippen molar-refractivity contribution in [3.63, 3.8) is 0 Å². The van der Waals surface area contributed by atoms with Crippen LogP contribution in [0.4, 0.5) is 0 Å². The molecule has 0 spiro atoms. The van der Waals surface area contributed by atoms with Crippen LogP contribution in [0.2, 0.25) is 0 Å². The quantitative estimate of drug-likeness (QED) is 0.847. The Balaban J connectivity index is 1.66.